The van der Waals surface area contributed by atoms with E-state index in [0.29, 0.717) is 5.15 Å². The molecule has 0 spiro atoms. The van der Waals surface area contributed by atoms with Gasteiger partial charge in [0.2, 0.25) is 0 Å². The van der Waals surface area contributed by atoms with Crippen LogP contribution in [0.25, 0.3) is 0 Å². The highest BCUT2D eigenvalue weighted by Gasteiger charge is 2.02. The molecule has 0 saturated heterocycles. The normalized spacial score (nSPS) is 10.2. The van der Waals surface area contributed by atoms with Crippen LogP contribution in [0.2, 0.25) is 5.15 Å². The van der Waals surface area contributed by atoms with Crippen LogP contribution in [0.4, 0.5) is 5.69 Å². The third kappa shape index (κ3) is 3.46. The summed E-state index contributed by atoms with van der Waals surface area (Å²) in [7, 11) is 2.06. The fraction of sp³-hybridized carbons (Fsp3) is 0.214. The molecule has 2 rings (SSSR count). The van der Waals surface area contributed by atoms with Crippen LogP contribution < -0.4 is 4.90 Å². The van der Waals surface area contributed by atoms with Gasteiger partial charge in [0, 0.05) is 25.5 Å². The number of hydrogen-bond acceptors (Lipinski definition) is 2. The van der Waals surface area contributed by atoms with Crippen LogP contribution >= 0.6 is 11.6 Å². The standard InChI is InChI=1S/C14H15ClN2/c1-17(13-7-9-16-14(15)11-13)10-8-12-5-3-2-4-6-12/h2-7,9,11H,8,10H2,1H3. The smallest absolute Gasteiger partial charge is 0.131 e. The summed E-state index contributed by atoms with van der Waals surface area (Å²) in [6.07, 6.45) is 2.76. The summed E-state index contributed by atoms with van der Waals surface area (Å²) >= 11 is 5.87. The molecular weight excluding hydrogens is 232 g/mol. The van der Waals surface area contributed by atoms with Crippen LogP contribution in [0, 0.1) is 0 Å². The summed E-state index contributed by atoms with van der Waals surface area (Å²) in [5.41, 5.74) is 2.44. The molecule has 0 aliphatic heterocycles. The second kappa shape index (κ2) is 5.69. The van der Waals surface area contributed by atoms with E-state index in [4.69, 9.17) is 11.6 Å². The van der Waals surface area contributed by atoms with Crippen molar-refractivity contribution < 1.29 is 0 Å². The SMILES string of the molecule is CN(CCc1ccccc1)c1ccnc(Cl)c1. The third-order valence-electron chi connectivity index (χ3n) is 2.73. The Labute approximate surface area is 107 Å². The molecule has 88 valence electrons. The monoisotopic (exact) mass is 246 g/mol. The van der Waals surface area contributed by atoms with Gasteiger partial charge >= 0.3 is 0 Å². The van der Waals surface area contributed by atoms with Crippen molar-refractivity contribution in [2.24, 2.45) is 0 Å². The van der Waals surface area contributed by atoms with Gasteiger partial charge in [-0.05, 0) is 24.1 Å². The van der Waals surface area contributed by atoms with Crippen LogP contribution in [0.5, 0.6) is 0 Å². The average molecular weight is 247 g/mol. The highest BCUT2D eigenvalue weighted by molar-refractivity contribution is 6.29. The fourth-order valence-electron chi connectivity index (χ4n) is 1.70. The number of benzene rings is 1. The Balaban J connectivity index is 1.96. The lowest BCUT2D eigenvalue weighted by atomic mass is 10.1. The van der Waals surface area contributed by atoms with Gasteiger partial charge in [0.15, 0.2) is 0 Å². The van der Waals surface area contributed by atoms with Crippen molar-refractivity contribution in [3.05, 3.63) is 59.4 Å². The molecule has 0 bridgehead atoms. The summed E-state index contributed by atoms with van der Waals surface area (Å²) in [5, 5.41) is 0.536. The van der Waals surface area contributed by atoms with E-state index >= 15 is 0 Å². The summed E-state index contributed by atoms with van der Waals surface area (Å²) in [6.45, 7) is 0.963. The van der Waals surface area contributed by atoms with E-state index in [1.54, 1.807) is 6.20 Å². The molecule has 0 saturated carbocycles. The quantitative estimate of drug-likeness (QED) is 0.769. The predicted octanol–water partition coefficient (Wildman–Crippen LogP) is 3.41. The Bertz CT molecular complexity index is 471. The van der Waals surface area contributed by atoms with Crippen LogP contribution in [-0.2, 0) is 6.42 Å². The lowest BCUT2D eigenvalue weighted by Gasteiger charge is -2.19. The number of halogens is 1. The molecule has 0 atom stereocenters. The van der Waals surface area contributed by atoms with Gasteiger partial charge < -0.3 is 4.90 Å². The molecule has 1 heterocycles. The zero-order chi connectivity index (χ0) is 12.1. The Morgan fingerprint density at radius 2 is 1.94 bits per heavy atom. The van der Waals surface area contributed by atoms with Crippen molar-refractivity contribution in [2.45, 2.75) is 6.42 Å². The molecule has 0 radical (unpaired) electrons. The van der Waals surface area contributed by atoms with Crippen molar-refractivity contribution in [1.82, 2.24) is 4.98 Å². The molecule has 0 aliphatic rings. The van der Waals surface area contributed by atoms with Crippen molar-refractivity contribution in [1.29, 1.82) is 0 Å². The minimum absolute atomic E-state index is 0.536. The lowest BCUT2D eigenvalue weighted by Crippen LogP contribution is -2.20. The topological polar surface area (TPSA) is 16.1 Å². The predicted molar refractivity (Wildman–Crippen MR) is 72.7 cm³/mol. The van der Waals surface area contributed by atoms with Gasteiger partial charge in [-0.1, -0.05) is 41.9 Å². The Morgan fingerprint density at radius 1 is 1.18 bits per heavy atom. The van der Waals surface area contributed by atoms with Crippen molar-refractivity contribution in [3.8, 4) is 0 Å². The average Bonchev–Trinajstić information content (AvgIpc) is 2.37. The van der Waals surface area contributed by atoms with Crippen molar-refractivity contribution in [3.63, 3.8) is 0 Å². The first-order chi connectivity index (χ1) is 8.25. The maximum Gasteiger partial charge on any atom is 0.131 e. The van der Waals surface area contributed by atoms with Gasteiger partial charge in [-0.2, -0.15) is 0 Å². The Morgan fingerprint density at radius 3 is 2.65 bits per heavy atom. The molecule has 0 fully saturated rings. The van der Waals surface area contributed by atoms with Crippen LogP contribution in [-0.4, -0.2) is 18.6 Å². The number of nitrogens with zero attached hydrogens (tertiary/aromatic N) is 2. The molecule has 0 amide bonds. The van der Waals surface area contributed by atoms with Crippen LogP contribution in [0.15, 0.2) is 48.7 Å². The minimum Gasteiger partial charge on any atom is -0.374 e. The first-order valence-corrected chi connectivity index (χ1v) is 6.00. The van der Waals surface area contributed by atoms with Crippen LogP contribution in [0.3, 0.4) is 0 Å². The molecule has 3 heteroatoms. The van der Waals surface area contributed by atoms with E-state index in [1.807, 2.05) is 18.2 Å². The van der Waals surface area contributed by atoms with Crippen molar-refractivity contribution in [2.75, 3.05) is 18.5 Å². The van der Waals surface area contributed by atoms with E-state index in [0.717, 1.165) is 18.7 Å². The van der Waals surface area contributed by atoms with E-state index in [1.165, 1.54) is 5.56 Å². The van der Waals surface area contributed by atoms with E-state index in [9.17, 15) is 0 Å². The fourth-order valence-corrected chi connectivity index (χ4v) is 1.87. The third-order valence-corrected chi connectivity index (χ3v) is 2.94. The highest BCUT2D eigenvalue weighted by atomic mass is 35.5. The molecule has 1 aromatic carbocycles. The summed E-state index contributed by atoms with van der Waals surface area (Å²) < 4.78 is 0. The van der Waals surface area contributed by atoms with Gasteiger partial charge in [0.1, 0.15) is 5.15 Å². The summed E-state index contributed by atoms with van der Waals surface area (Å²) in [6, 6.07) is 14.3. The highest BCUT2D eigenvalue weighted by Crippen LogP contribution is 2.16. The van der Waals surface area contributed by atoms with E-state index in [-0.39, 0.29) is 0 Å². The Kier molecular flexibility index (Phi) is 3.99. The lowest BCUT2D eigenvalue weighted by molar-refractivity contribution is 0.875. The molecule has 0 N–H and O–H groups in total. The van der Waals surface area contributed by atoms with Crippen molar-refractivity contribution >= 4 is 17.3 Å². The molecule has 2 nitrogen and oxygen atoms in total. The maximum atomic E-state index is 5.87. The number of hydrogen-bond donors (Lipinski definition) is 0. The maximum absolute atomic E-state index is 5.87. The second-order valence-corrected chi connectivity index (χ2v) is 4.38. The molecule has 0 aliphatic carbocycles. The number of pyridine rings is 1. The molecule has 0 unspecified atom stereocenters. The van der Waals surface area contributed by atoms with Crippen LogP contribution in [0.1, 0.15) is 5.56 Å². The molecule has 17 heavy (non-hydrogen) atoms. The summed E-state index contributed by atoms with van der Waals surface area (Å²) in [5.74, 6) is 0. The second-order valence-electron chi connectivity index (χ2n) is 3.99. The molecular formula is C14H15ClN2. The first kappa shape index (κ1) is 11.9. The largest absolute Gasteiger partial charge is 0.374 e. The molecule has 1 aromatic heterocycles. The van der Waals surface area contributed by atoms with E-state index < -0.39 is 0 Å². The Hall–Kier alpha value is -1.54. The van der Waals surface area contributed by atoms with Gasteiger partial charge in [0.05, 0.1) is 0 Å². The zero-order valence-electron chi connectivity index (χ0n) is 9.81. The number of aromatic nitrogens is 1. The zero-order valence-corrected chi connectivity index (χ0v) is 10.6. The molecule has 2 aromatic rings. The van der Waals surface area contributed by atoms with Gasteiger partial charge in [-0.25, -0.2) is 4.98 Å². The summed E-state index contributed by atoms with van der Waals surface area (Å²) in [4.78, 5) is 6.16. The van der Waals surface area contributed by atoms with Gasteiger partial charge in [-0.3, -0.25) is 0 Å². The van der Waals surface area contributed by atoms with Gasteiger partial charge in [0.25, 0.3) is 0 Å². The number of anilines is 1. The minimum atomic E-state index is 0.536. The van der Waals surface area contributed by atoms with E-state index in [2.05, 4.69) is 41.2 Å². The van der Waals surface area contributed by atoms with Gasteiger partial charge in [-0.15, -0.1) is 0 Å². The number of likely N-dealkylation sites (N-methyl/N-ethyl adjacent to an activating group) is 1. The number of rotatable bonds is 4. The first-order valence-electron chi connectivity index (χ1n) is 5.62.